The lowest BCUT2D eigenvalue weighted by atomic mass is 10.1. The summed E-state index contributed by atoms with van der Waals surface area (Å²) in [6.45, 7) is 3.97. The van der Waals surface area contributed by atoms with Crippen LogP contribution in [0.2, 0.25) is 0 Å². The molecule has 0 aliphatic heterocycles. The van der Waals surface area contributed by atoms with Crippen molar-refractivity contribution in [2.45, 2.75) is 45.6 Å². The van der Waals surface area contributed by atoms with Crippen LogP contribution in [0.3, 0.4) is 0 Å². The number of carbonyl (C=O) groups excluding carboxylic acids is 1. The molecule has 1 heterocycles. The first kappa shape index (κ1) is 17.2. The standard InChI is InChI=1S/C14H19NO5S/c1-3-4-9-7-11(21-8(9)2)13(18)15-10(14(19)20)5-6-12(16)17/h7,10H,3-6H2,1-2H3,(H,15,18)(H,16,17)(H,19,20). The van der Waals surface area contributed by atoms with Gasteiger partial charge in [0, 0.05) is 11.3 Å². The topological polar surface area (TPSA) is 104 Å². The average Bonchev–Trinajstić information content (AvgIpc) is 2.76. The SMILES string of the molecule is CCCc1cc(C(=O)NC(CCC(=O)O)C(=O)O)sc1C. The highest BCUT2D eigenvalue weighted by atomic mass is 32.1. The lowest BCUT2D eigenvalue weighted by Crippen LogP contribution is -2.40. The molecule has 0 radical (unpaired) electrons. The highest BCUT2D eigenvalue weighted by Gasteiger charge is 2.22. The Hall–Kier alpha value is -1.89. The number of hydrogen-bond acceptors (Lipinski definition) is 4. The van der Waals surface area contributed by atoms with Crippen molar-refractivity contribution in [2.75, 3.05) is 0 Å². The fourth-order valence-electron chi connectivity index (χ4n) is 1.90. The minimum absolute atomic E-state index is 0.136. The number of rotatable bonds is 8. The average molecular weight is 313 g/mol. The van der Waals surface area contributed by atoms with E-state index in [2.05, 4.69) is 5.32 Å². The quantitative estimate of drug-likeness (QED) is 0.681. The monoisotopic (exact) mass is 313 g/mol. The normalized spacial score (nSPS) is 11.9. The van der Waals surface area contributed by atoms with Crippen LogP contribution >= 0.6 is 11.3 Å². The zero-order valence-electron chi connectivity index (χ0n) is 12.0. The molecule has 1 amide bonds. The summed E-state index contributed by atoms with van der Waals surface area (Å²) in [5.74, 6) is -2.79. The number of aryl methyl sites for hydroxylation is 2. The second-order valence-electron chi connectivity index (χ2n) is 4.74. The first-order chi connectivity index (χ1) is 9.85. The molecule has 1 atom stereocenters. The van der Waals surface area contributed by atoms with Gasteiger partial charge in [-0.15, -0.1) is 11.3 Å². The maximum atomic E-state index is 12.1. The molecule has 0 saturated carbocycles. The van der Waals surface area contributed by atoms with Crippen LogP contribution < -0.4 is 5.32 Å². The molecule has 6 nitrogen and oxygen atoms in total. The molecule has 0 bridgehead atoms. The Morgan fingerprint density at radius 1 is 1.33 bits per heavy atom. The highest BCUT2D eigenvalue weighted by molar-refractivity contribution is 7.14. The van der Waals surface area contributed by atoms with Crippen molar-refractivity contribution in [1.82, 2.24) is 5.32 Å². The maximum absolute atomic E-state index is 12.1. The van der Waals surface area contributed by atoms with E-state index in [9.17, 15) is 14.4 Å². The summed E-state index contributed by atoms with van der Waals surface area (Å²) >= 11 is 1.32. The van der Waals surface area contributed by atoms with Crippen LogP contribution in [-0.4, -0.2) is 34.1 Å². The van der Waals surface area contributed by atoms with Gasteiger partial charge in [0.2, 0.25) is 0 Å². The Morgan fingerprint density at radius 3 is 2.52 bits per heavy atom. The Bertz CT molecular complexity index is 537. The number of carbonyl (C=O) groups is 3. The number of aliphatic carboxylic acids is 2. The van der Waals surface area contributed by atoms with Gasteiger partial charge in [-0.1, -0.05) is 13.3 Å². The summed E-state index contributed by atoms with van der Waals surface area (Å²) in [6.07, 6.45) is 1.40. The number of amides is 1. The predicted molar refractivity (Wildman–Crippen MR) is 78.8 cm³/mol. The molecule has 3 N–H and O–H groups in total. The Morgan fingerprint density at radius 2 is 2.00 bits per heavy atom. The largest absolute Gasteiger partial charge is 0.481 e. The van der Waals surface area contributed by atoms with E-state index >= 15 is 0 Å². The highest BCUT2D eigenvalue weighted by Crippen LogP contribution is 2.23. The Balaban J connectivity index is 2.74. The molecule has 116 valence electrons. The molecule has 1 rings (SSSR count). The van der Waals surface area contributed by atoms with Gasteiger partial charge in [-0.3, -0.25) is 9.59 Å². The molecule has 7 heteroatoms. The third-order valence-electron chi connectivity index (χ3n) is 3.01. The van der Waals surface area contributed by atoms with E-state index < -0.39 is 23.9 Å². The van der Waals surface area contributed by atoms with Gasteiger partial charge in [0.25, 0.3) is 5.91 Å². The second-order valence-corrected chi connectivity index (χ2v) is 6.00. The number of hydrogen-bond donors (Lipinski definition) is 3. The van der Waals surface area contributed by atoms with Crippen LogP contribution in [0.15, 0.2) is 6.07 Å². The van der Waals surface area contributed by atoms with Crippen molar-refractivity contribution in [3.05, 3.63) is 21.4 Å². The summed E-state index contributed by atoms with van der Waals surface area (Å²) in [5.41, 5.74) is 1.09. The van der Waals surface area contributed by atoms with Crippen molar-refractivity contribution in [3.63, 3.8) is 0 Å². The van der Waals surface area contributed by atoms with Gasteiger partial charge in [0.1, 0.15) is 6.04 Å². The molecule has 0 saturated heterocycles. The van der Waals surface area contributed by atoms with Crippen LogP contribution in [0.4, 0.5) is 0 Å². The Labute approximate surface area is 126 Å². The van der Waals surface area contributed by atoms with Crippen molar-refractivity contribution in [3.8, 4) is 0 Å². The van der Waals surface area contributed by atoms with Gasteiger partial charge < -0.3 is 15.5 Å². The van der Waals surface area contributed by atoms with Crippen molar-refractivity contribution < 1.29 is 24.6 Å². The van der Waals surface area contributed by atoms with Crippen molar-refractivity contribution in [1.29, 1.82) is 0 Å². The lowest BCUT2D eigenvalue weighted by molar-refractivity contribution is -0.140. The van der Waals surface area contributed by atoms with E-state index in [1.165, 1.54) is 11.3 Å². The third kappa shape index (κ3) is 5.18. The summed E-state index contributed by atoms with van der Waals surface area (Å²) in [7, 11) is 0. The van der Waals surface area contributed by atoms with E-state index in [1.54, 1.807) is 6.07 Å². The van der Waals surface area contributed by atoms with Gasteiger partial charge >= 0.3 is 11.9 Å². The zero-order chi connectivity index (χ0) is 16.0. The van der Waals surface area contributed by atoms with Crippen LogP contribution in [0.1, 0.15) is 46.3 Å². The number of thiophene rings is 1. The van der Waals surface area contributed by atoms with Gasteiger partial charge in [-0.05, 0) is 31.4 Å². The second kappa shape index (κ2) is 7.78. The van der Waals surface area contributed by atoms with E-state index in [-0.39, 0.29) is 12.8 Å². The molecule has 0 aliphatic carbocycles. The van der Waals surface area contributed by atoms with Gasteiger partial charge in [0.05, 0.1) is 4.88 Å². The summed E-state index contributed by atoms with van der Waals surface area (Å²) in [6, 6.07) is 0.584. The summed E-state index contributed by atoms with van der Waals surface area (Å²) < 4.78 is 0. The fraction of sp³-hybridized carbons (Fsp3) is 0.500. The molecule has 0 aromatic carbocycles. The van der Waals surface area contributed by atoms with Crippen molar-refractivity contribution >= 4 is 29.2 Å². The zero-order valence-corrected chi connectivity index (χ0v) is 12.8. The number of carboxylic acids is 2. The summed E-state index contributed by atoms with van der Waals surface area (Å²) in [4.78, 5) is 35.1. The number of nitrogens with one attached hydrogen (secondary N) is 1. The van der Waals surface area contributed by atoms with Gasteiger partial charge in [-0.2, -0.15) is 0 Å². The molecule has 0 aliphatic rings. The third-order valence-corrected chi connectivity index (χ3v) is 4.11. The fourth-order valence-corrected chi connectivity index (χ4v) is 2.88. The summed E-state index contributed by atoms with van der Waals surface area (Å²) in [5, 5.41) is 20.0. The molecule has 1 aromatic rings. The van der Waals surface area contributed by atoms with Crippen LogP contribution in [0, 0.1) is 6.92 Å². The molecule has 0 fully saturated rings. The predicted octanol–water partition coefficient (Wildman–Crippen LogP) is 2.06. The van der Waals surface area contributed by atoms with Crippen LogP contribution in [-0.2, 0) is 16.0 Å². The van der Waals surface area contributed by atoms with E-state index in [1.807, 2.05) is 13.8 Å². The van der Waals surface area contributed by atoms with Crippen molar-refractivity contribution in [2.24, 2.45) is 0 Å². The van der Waals surface area contributed by atoms with E-state index in [0.29, 0.717) is 4.88 Å². The number of carboxylic acid groups (broad SMARTS) is 2. The maximum Gasteiger partial charge on any atom is 0.326 e. The molecule has 21 heavy (non-hydrogen) atoms. The smallest absolute Gasteiger partial charge is 0.326 e. The minimum atomic E-state index is -1.23. The van der Waals surface area contributed by atoms with Crippen LogP contribution in [0.25, 0.3) is 0 Å². The molecular formula is C14H19NO5S. The van der Waals surface area contributed by atoms with E-state index in [0.717, 1.165) is 23.3 Å². The first-order valence-corrected chi connectivity index (χ1v) is 7.51. The molecular weight excluding hydrogens is 294 g/mol. The first-order valence-electron chi connectivity index (χ1n) is 6.69. The molecule has 1 aromatic heterocycles. The molecule has 0 spiro atoms. The lowest BCUT2D eigenvalue weighted by Gasteiger charge is -2.12. The van der Waals surface area contributed by atoms with Gasteiger partial charge in [-0.25, -0.2) is 4.79 Å². The Kier molecular flexibility index (Phi) is 6.36. The molecule has 1 unspecified atom stereocenters. The van der Waals surface area contributed by atoms with Crippen LogP contribution in [0.5, 0.6) is 0 Å². The van der Waals surface area contributed by atoms with E-state index in [4.69, 9.17) is 10.2 Å². The van der Waals surface area contributed by atoms with Gasteiger partial charge in [0.15, 0.2) is 0 Å². The minimum Gasteiger partial charge on any atom is -0.481 e.